The first kappa shape index (κ1) is 18.7. The summed E-state index contributed by atoms with van der Waals surface area (Å²) in [6.07, 6.45) is 0.164. The molecule has 1 unspecified atom stereocenters. The molecule has 2 aromatic carbocycles. The van der Waals surface area contributed by atoms with Gasteiger partial charge in [0.2, 0.25) is 0 Å². The standard InChI is InChI=1S/C20H19Cl2NO3/c1-3-23(17(24)14-6-4-13(2)5-7-14)16-10-8-15(9-11-16)19(18(25)26)12-20(19,21)22/h4-11H,3,12H2,1-2H3,(H,25,26). The molecule has 1 N–H and O–H groups in total. The van der Waals surface area contributed by atoms with E-state index in [4.69, 9.17) is 23.2 Å². The zero-order valence-corrected chi connectivity index (χ0v) is 16.0. The average Bonchev–Trinajstić information content (AvgIpc) is 3.21. The number of alkyl halides is 2. The second kappa shape index (κ2) is 6.60. The molecule has 0 aliphatic heterocycles. The van der Waals surface area contributed by atoms with E-state index >= 15 is 0 Å². The van der Waals surface area contributed by atoms with Crippen LogP contribution in [-0.2, 0) is 10.2 Å². The van der Waals surface area contributed by atoms with E-state index < -0.39 is 15.7 Å². The zero-order chi connectivity index (χ0) is 19.1. The minimum atomic E-state index is -1.30. The third kappa shape index (κ3) is 2.97. The first-order valence-electron chi connectivity index (χ1n) is 8.33. The van der Waals surface area contributed by atoms with Crippen molar-refractivity contribution in [3.8, 4) is 0 Å². The van der Waals surface area contributed by atoms with Crippen LogP contribution in [0.1, 0.15) is 34.8 Å². The Kier molecular flexibility index (Phi) is 4.76. The average molecular weight is 392 g/mol. The summed E-state index contributed by atoms with van der Waals surface area (Å²) >= 11 is 12.2. The molecule has 4 nitrogen and oxygen atoms in total. The third-order valence-electron chi connectivity index (χ3n) is 4.88. The topological polar surface area (TPSA) is 57.6 Å². The Morgan fingerprint density at radius 1 is 1.08 bits per heavy atom. The smallest absolute Gasteiger partial charge is 0.317 e. The number of carboxylic acids is 1. The van der Waals surface area contributed by atoms with Gasteiger partial charge in [-0.2, -0.15) is 0 Å². The molecule has 1 atom stereocenters. The lowest BCUT2D eigenvalue weighted by atomic mass is 9.95. The molecule has 1 saturated carbocycles. The van der Waals surface area contributed by atoms with E-state index in [1.807, 2.05) is 26.0 Å². The van der Waals surface area contributed by atoms with Crippen molar-refractivity contribution in [2.24, 2.45) is 0 Å². The molecule has 0 spiro atoms. The van der Waals surface area contributed by atoms with Crippen LogP contribution in [0.15, 0.2) is 48.5 Å². The van der Waals surface area contributed by atoms with Crippen LogP contribution in [0.5, 0.6) is 0 Å². The van der Waals surface area contributed by atoms with Gasteiger partial charge in [-0.1, -0.05) is 53.0 Å². The summed E-state index contributed by atoms with van der Waals surface area (Å²) in [5.41, 5.74) is 1.64. The molecule has 0 bridgehead atoms. The predicted molar refractivity (Wildman–Crippen MR) is 103 cm³/mol. The molecule has 26 heavy (non-hydrogen) atoms. The number of carbonyl (C=O) groups is 2. The van der Waals surface area contributed by atoms with Gasteiger partial charge in [0, 0.05) is 24.2 Å². The highest BCUT2D eigenvalue weighted by Crippen LogP contribution is 2.65. The molecule has 2 aromatic rings. The van der Waals surface area contributed by atoms with E-state index in [2.05, 4.69) is 0 Å². The first-order valence-corrected chi connectivity index (χ1v) is 9.09. The summed E-state index contributed by atoms with van der Waals surface area (Å²) in [7, 11) is 0. The minimum absolute atomic E-state index is 0.108. The van der Waals surface area contributed by atoms with E-state index in [0.29, 0.717) is 23.4 Å². The van der Waals surface area contributed by atoms with Crippen molar-refractivity contribution in [3.05, 3.63) is 65.2 Å². The number of rotatable bonds is 5. The molecule has 1 aliphatic rings. The highest BCUT2D eigenvalue weighted by atomic mass is 35.5. The molecule has 3 rings (SSSR count). The zero-order valence-electron chi connectivity index (χ0n) is 14.5. The monoisotopic (exact) mass is 391 g/mol. The van der Waals surface area contributed by atoms with Gasteiger partial charge >= 0.3 is 5.97 Å². The number of benzene rings is 2. The molecule has 1 amide bonds. The molecular weight excluding hydrogens is 373 g/mol. The minimum Gasteiger partial charge on any atom is -0.480 e. The van der Waals surface area contributed by atoms with Crippen molar-refractivity contribution in [1.82, 2.24) is 0 Å². The van der Waals surface area contributed by atoms with Gasteiger partial charge in [0.1, 0.15) is 9.75 Å². The van der Waals surface area contributed by atoms with Gasteiger partial charge in [-0.05, 0) is 43.7 Å². The number of carbonyl (C=O) groups excluding carboxylic acids is 1. The van der Waals surface area contributed by atoms with E-state index in [9.17, 15) is 14.7 Å². The summed E-state index contributed by atoms with van der Waals surface area (Å²) < 4.78 is -1.30. The number of aliphatic carboxylic acids is 1. The number of aryl methyl sites for hydroxylation is 1. The van der Waals surface area contributed by atoms with E-state index in [-0.39, 0.29) is 12.3 Å². The van der Waals surface area contributed by atoms with Crippen molar-refractivity contribution in [1.29, 1.82) is 0 Å². The molecule has 0 aromatic heterocycles. The van der Waals surface area contributed by atoms with Gasteiger partial charge in [0.15, 0.2) is 0 Å². The lowest BCUT2D eigenvalue weighted by Gasteiger charge is -2.22. The Morgan fingerprint density at radius 2 is 1.62 bits per heavy atom. The van der Waals surface area contributed by atoms with Crippen LogP contribution in [0.25, 0.3) is 0 Å². The van der Waals surface area contributed by atoms with Crippen LogP contribution < -0.4 is 4.90 Å². The summed E-state index contributed by atoms with van der Waals surface area (Å²) in [4.78, 5) is 26.1. The van der Waals surface area contributed by atoms with Crippen molar-refractivity contribution in [3.63, 3.8) is 0 Å². The van der Waals surface area contributed by atoms with Gasteiger partial charge in [-0.3, -0.25) is 9.59 Å². The Hall–Kier alpha value is -2.04. The lowest BCUT2D eigenvalue weighted by Crippen LogP contribution is -2.31. The molecular formula is C20H19Cl2NO3. The van der Waals surface area contributed by atoms with Crippen molar-refractivity contribution in [2.75, 3.05) is 11.4 Å². The maximum absolute atomic E-state index is 12.8. The van der Waals surface area contributed by atoms with Gasteiger partial charge in [0.25, 0.3) is 5.91 Å². The maximum atomic E-state index is 12.8. The van der Waals surface area contributed by atoms with Crippen LogP contribution in [0.3, 0.4) is 0 Å². The molecule has 6 heteroatoms. The first-order chi connectivity index (χ1) is 12.2. The van der Waals surface area contributed by atoms with Crippen LogP contribution in [-0.4, -0.2) is 27.9 Å². The highest BCUT2D eigenvalue weighted by molar-refractivity contribution is 6.54. The summed E-state index contributed by atoms with van der Waals surface area (Å²) in [5, 5.41) is 9.54. The summed E-state index contributed by atoms with van der Waals surface area (Å²) in [6, 6.07) is 14.2. The number of hydrogen-bond acceptors (Lipinski definition) is 2. The maximum Gasteiger partial charge on any atom is 0.317 e. The summed E-state index contributed by atoms with van der Waals surface area (Å²) in [6.45, 7) is 4.35. The molecule has 1 fully saturated rings. The highest BCUT2D eigenvalue weighted by Gasteiger charge is 2.72. The van der Waals surface area contributed by atoms with E-state index in [1.165, 1.54) is 0 Å². The third-order valence-corrected chi connectivity index (χ3v) is 5.80. The van der Waals surface area contributed by atoms with Crippen LogP contribution >= 0.6 is 23.2 Å². The van der Waals surface area contributed by atoms with E-state index in [1.54, 1.807) is 41.3 Å². The fourth-order valence-electron chi connectivity index (χ4n) is 3.18. The summed E-state index contributed by atoms with van der Waals surface area (Å²) in [5.74, 6) is -1.15. The molecule has 1 aliphatic carbocycles. The molecule has 136 valence electrons. The van der Waals surface area contributed by atoms with Crippen LogP contribution in [0, 0.1) is 6.92 Å². The van der Waals surface area contributed by atoms with Crippen molar-refractivity contribution in [2.45, 2.75) is 30.0 Å². The fraction of sp³-hybridized carbons (Fsp3) is 0.300. The van der Waals surface area contributed by atoms with Gasteiger partial charge in [0.05, 0.1) is 0 Å². The Morgan fingerprint density at radius 3 is 2.04 bits per heavy atom. The number of anilines is 1. The number of carboxylic acid groups (broad SMARTS) is 1. The predicted octanol–water partition coefficient (Wildman–Crippen LogP) is 4.56. The fourth-order valence-corrected chi connectivity index (χ4v) is 3.96. The van der Waals surface area contributed by atoms with Crippen molar-refractivity contribution >= 4 is 40.8 Å². The molecule has 0 radical (unpaired) electrons. The Balaban J connectivity index is 1.88. The van der Waals surface area contributed by atoms with Crippen molar-refractivity contribution < 1.29 is 14.7 Å². The number of nitrogens with zero attached hydrogens (tertiary/aromatic N) is 1. The number of hydrogen-bond donors (Lipinski definition) is 1. The second-order valence-corrected chi connectivity index (χ2v) is 8.04. The Labute approximate surface area is 162 Å². The van der Waals surface area contributed by atoms with E-state index in [0.717, 1.165) is 5.56 Å². The largest absolute Gasteiger partial charge is 0.480 e. The quantitative estimate of drug-likeness (QED) is 0.759. The van der Waals surface area contributed by atoms with Gasteiger partial charge < -0.3 is 10.0 Å². The van der Waals surface area contributed by atoms with Gasteiger partial charge in [-0.25, -0.2) is 0 Å². The SMILES string of the molecule is CCN(C(=O)c1ccc(C)cc1)c1ccc(C2(C(=O)O)CC2(Cl)Cl)cc1. The second-order valence-electron chi connectivity index (χ2n) is 6.55. The number of halogens is 2. The normalized spacial score (nSPS) is 20.5. The Bertz CT molecular complexity index is 846. The van der Waals surface area contributed by atoms with Crippen LogP contribution in [0.2, 0.25) is 0 Å². The van der Waals surface area contributed by atoms with Crippen LogP contribution in [0.4, 0.5) is 5.69 Å². The molecule has 0 heterocycles. The molecule has 0 saturated heterocycles. The van der Waals surface area contributed by atoms with Gasteiger partial charge in [-0.15, -0.1) is 0 Å². The lowest BCUT2D eigenvalue weighted by molar-refractivity contribution is -0.140. The number of amides is 1.